The van der Waals surface area contributed by atoms with Crippen molar-refractivity contribution < 1.29 is 13.9 Å². The van der Waals surface area contributed by atoms with Crippen molar-refractivity contribution in [3.63, 3.8) is 0 Å². The highest BCUT2D eigenvalue weighted by Gasteiger charge is 2.19. The van der Waals surface area contributed by atoms with Crippen molar-refractivity contribution in [1.29, 1.82) is 0 Å². The van der Waals surface area contributed by atoms with E-state index >= 15 is 0 Å². The molecule has 2 rings (SSSR count). The van der Waals surface area contributed by atoms with Gasteiger partial charge in [-0.15, -0.1) is 0 Å². The zero-order chi connectivity index (χ0) is 9.42. The lowest BCUT2D eigenvalue weighted by Gasteiger charge is -2.13. The SMILES string of the molecule is [O][C]1[C]=CCc2cc(F)c(F)cc21. The molecule has 1 aromatic carbocycles. The molecule has 0 spiro atoms. The number of benzene rings is 1. The predicted molar refractivity (Wildman–Crippen MR) is 40.9 cm³/mol. The van der Waals surface area contributed by atoms with Crippen molar-refractivity contribution in [3.8, 4) is 0 Å². The molecule has 0 bridgehead atoms. The van der Waals surface area contributed by atoms with Gasteiger partial charge < -0.3 is 0 Å². The van der Waals surface area contributed by atoms with Crippen molar-refractivity contribution in [2.45, 2.75) is 6.42 Å². The Hall–Kier alpha value is -1.22. The summed E-state index contributed by atoms with van der Waals surface area (Å²) in [4.78, 5) is 0. The van der Waals surface area contributed by atoms with E-state index in [0.29, 0.717) is 12.0 Å². The summed E-state index contributed by atoms with van der Waals surface area (Å²) in [6, 6.07) is 1.98. The Morgan fingerprint density at radius 1 is 1.23 bits per heavy atom. The Bertz CT molecular complexity index is 371. The minimum Gasteiger partial charge on any atom is -0.215 e. The first-order valence-electron chi connectivity index (χ1n) is 3.79. The van der Waals surface area contributed by atoms with Crippen LogP contribution in [0.15, 0.2) is 18.2 Å². The molecule has 0 aliphatic heterocycles. The molecule has 1 aliphatic carbocycles. The summed E-state index contributed by atoms with van der Waals surface area (Å²) in [6.45, 7) is 0. The fraction of sp³-hybridized carbons (Fsp3) is 0.100. The highest BCUT2D eigenvalue weighted by molar-refractivity contribution is 5.42. The lowest BCUT2D eigenvalue weighted by atomic mass is 9.94. The molecular formula is C10H5F2O. The fourth-order valence-corrected chi connectivity index (χ4v) is 1.30. The number of halogens is 2. The van der Waals surface area contributed by atoms with E-state index in [4.69, 9.17) is 0 Å². The minimum absolute atomic E-state index is 0.210. The highest BCUT2D eigenvalue weighted by atomic mass is 19.2. The van der Waals surface area contributed by atoms with Gasteiger partial charge in [-0.05, 0) is 30.2 Å². The van der Waals surface area contributed by atoms with Crippen molar-refractivity contribution in [2.75, 3.05) is 0 Å². The smallest absolute Gasteiger partial charge is 0.194 e. The van der Waals surface area contributed by atoms with Crippen LogP contribution in [0.4, 0.5) is 8.78 Å². The predicted octanol–water partition coefficient (Wildman–Crippen LogP) is 2.19. The number of hydrogen-bond acceptors (Lipinski definition) is 0. The summed E-state index contributed by atoms with van der Waals surface area (Å²) < 4.78 is 25.4. The van der Waals surface area contributed by atoms with E-state index in [-0.39, 0.29) is 11.7 Å². The molecule has 1 aliphatic rings. The van der Waals surface area contributed by atoms with Crippen molar-refractivity contribution in [3.05, 3.63) is 53.2 Å². The summed E-state index contributed by atoms with van der Waals surface area (Å²) >= 11 is 0. The Morgan fingerprint density at radius 2 is 1.92 bits per heavy atom. The molecule has 3 radical (unpaired) electrons. The lowest BCUT2D eigenvalue weighted by Crippen LogP contribution is -2.06. The van der Waals surface area contributed by atoms with Crippen LogP contribution in [-0.4, -0.2) is 0 Å². The average Bonchev–Trinajstić information content (AvgIpc) is 2.09. The van der Waals surface area contributed by atoms with E-state index in [0.717, 1.165) is 12.1 Å². The molecule has 0 unspecified atom stereocenters. The molecule has 0 N–H and O–H groups in total. The van der Waals surface area contributed by atoms with Crippen LogP contribution in [-0.2, 0) is 11.5 Å². The van der Waals surface area contributed by atoms with Crippen molar-refractivity contribution in [1.82, 2.24) is 0 Å². The van der Waals surface area contributed by atoms with Crippen LogP contribution in [0.25, 0.3) is 0 Å². The summed E-state index contributed by atoms with van der Waals surface area (Å²) in [7, 11) is 0. The van der Waals surface area contributed by atoms with Crippen LogP contribution in [0.3, 0.4) is 0 Å². The largest absolute Gasteiger partial charge is 0.215 e. The maximum atomic E-state index is 12.7. The maximum Gasteiger partial charge on any atom is 0.194 e. The molecule has 1 aromatic rings. The Labute approximate surface area is 74.3 Å². The van der Waals surface area contributed by atoms with E-state index in [9.17, 15) is 13.9 Å². The van der Waals surface area contributed by atoms with Gasteiger partial charge in [0.05, 0.1) is 0 Å². The van der Waals surface area contributed by atoms with E-state index in [2.05, 4.69) is 6.08 Å². The number of fused-ring (bicyclic) bond motifs is 1. The van der Waals surface area contributed by atoms with Gasteiger partial charge in [0.2, 0.25) is 0 Å². The van der Waals surface area contributed by atoms with E-state index in [1.807, 2.05) is 0 Å². The van der Waals surface area contributed by atoms with E-state index < -0.39 is 11.6 Å². The fourth-order valence-electron chi connectivity index (χ4n) is 1.30. The van der Waals surface area contributed by atoms with Crippen LogP contribution in [0, 0.1) is 23.8 Å². The lowest BCUT2D eigenvalue weighted by molar-refractivity contribution is 0.246. The zero-order valence-corrected chi connectivity index (χ0v) is 6.60. The first-order valence-corrected chi connectivity index (χ1v) is 3.79. The van der Waals surface area contributed by atoms with Crippen LogP contribution >= 0.6 is 0 Å². The van der Waals surface area contributed by atoms with Gasteiger partial charge in [0, 0.05) is 5.56 Å². The van der Waals surface area contributed by atoms with Gasteiger partial charge in [-0.2, -0.15) is 0 Å². The van der Waals surface area contributed by atoms with Gasteiger partial charge in [-0.3, -0.25) is 0 Å². The molecule has 0 fully saturated rings. The number of rotatable bonds is 0. The molecule has 0 saturated carbocycles. The van der Waals surface area contributed by atoms with Gasteiger partial charge in [-0.1, -0.05) is 6.08 Å². The number of allylic oxidation sites excluding steroid dienone is 1. The molecule has 13 heavy (non-hydrogen) atoms. The average molecular weight is 179 g/mol. The highest BCUT2D eigenvalue weighted by Crippen LogP contribution is 2.25. The third-order valence-corrected chi connectivity index (χ3v) is 1.95. The molecule has 3 heteroatoms. The van der Waals surface area contributed by atoms with Crippen LogP contribution in [0.5, 0.6) is 0 Å². The second kappa shape index (κ2) is 2.92. The Kier molecular flexibility index (Phi) is 1.88. The van der Waals surface area contributed by atoms with Crippen LogP contribution < -0.4 is 0 Å². The first-order chi connectivity index (χ1) is 6.18. The second-order valence-corrected chi connectivity index (χ2v) is 2.81. The zero-order valence-electron chi connectivity index (χ0n) is 6.60. The van der Waals surface area contributed by atoms with Gasteiger partial charge in [0.1, 0.15) is 0 Å². The van der Waals surface area contributed by atoms with Crippen LogP contribution in [0.1, 0.15) is 11.1 Å². The van der Waals surface area contributed by atoms with E-state index in [1.165, 1.54) is 6.08 Å². The molecule has 0 saturated heterocycles. The van der Waals surface area contributed by atoms with Gasteiger partial charge in [0.15, 0.2) is 17.7 Å². The van der Waals surface area contributed by atoms with Gasteiger partial charge in [0.25, 0.3) is 0 Å². The monoisotopic (exact) mass is 179 g/mol. The molecule has 0 heterocycles. The molecule has 1 nitrogen and oxygen atoms in total. The van der Waals surface area contributed by atoms with Gasteiger partial charge >= 0.3 is 0 Å². The van der Waals surface area contributed by atoms with Crippen LogP contribution in [0.2, 0.25) is 0 Å². The summed E-state index contributed by atoms with van der Waals surface area (Å²) in [5.41, 5.74) is 0.726. The quantitative estimate of drug-likeness (QED) is 0.581. The summed E-state index contributed by atoms with van der Waals surface area (Å²) in [5.74, 6) is -1.90. The number of hydrogen-bond donors (Lipinski definition) is 0. The molecule has 0 atom stereocenters. The molecule has 0 amide bonds. The summed E-state index contributed by atoms with van der Waals surface area (Å²) in [6.07, 6.45) is 3.99. The summed E-state index contributed by atoms with van der Waals surface area (Å²) in [5, 5.41) is 11.1. The topological polar surface area (TPSA) is 19.9 Å². The Balaban J connectivity index is 2.56. The van der Waals surface area contributed by atoms with Gasteiger partial charge in [-0.25, -0.2) is 13.9 Å². The standard InChI is InChI=1S/C10H5F2O/c11-8-4-6-2-1-3-10(13)7(6)5-9(8)12/h1,4-5H,2H2. The minimum atomic E-state index is -0.990. The van der Waals surface area contributed by atoms with E-state index in [1.54, 1.807) is 0 Å². The second-order valence-electron chi connectivity index (χ2n) is 2.81. The molecule has 65 valence electrons. The first kappa shape index (κ1) is 8.38. The third-order valence-electron chi connectivity index (χ3n) is 1.95. The normalized spacial score (nSPS) is 15.9. The van der Waals surface area contributed by atoms with Crippen molar-refractivity contribution >= 4 is 0 Å². The Morgan fingerprint density at radius 3 is 2.69 bits per heavy atom. The molecule has 0 aromatic heterocycles. The molecular weight excluding hydrogens is 174 g/mol. The van der Waals surface area contributed by atoms with Crippen molar-refractivity contribution in [2.24, 2.45) is 0 Å². The maximum absolute atomic E-state index is 12.7. The third kappa shape index (κ3) is 1.35.